The summed E-state index contributed by atoms with van der Waals surface area (Å²) in [7, 11) is 0. The van der Waals surface area contributed by atoms with Gasteiger partial charge in [-0.2, -0.15) is 0 Å². The van der Waals surface area contributed by atoms with Crippen molar-refractivity contribution in [3.63, 3.8) is 0 Å². The standard InChI is InChI=1S/C21H21.3ClH.Ti/c1-16(2)19-14-9-15-20(19)21(17-10-5-3-6-11-17)18-12-7-4-8-13-18;;;;/h3-8,10-14,16,21H,9H2,1-2H3;3*1H;/q;;;;+3/p-3. The minimum absolute atomic E-state index is 0. The molecule has 4 heteroatoms. The summed E-state index contributed by atoms with van der Waals surface area (Å²) in [6, 6.07) is 21.8. The summed E-state index contributed by atoms with van der Waals surface area (Å²) in [6.07, 6.45) is 3.52. The van der Waals surface area contributed by atoms with Gasteiger partial charge in [0.05, 0.1) is 0 Å². The summed E-state index contributed by atoms with van der Waals surface area (Å²) in [5.74, 6) is 0.918. The molecule has 0 saturated heterocycles. The smallest absolute Gasteiger partial charge is 1.00 e. The van der Waals surface area contributed by atoms with E-state index in [2.05, 4.69) is 101 Å². The Balaban J connectivity index is 0.00000192. The van der Waals surface area contributed by atoms with Crippen molar-refractivity contribution in [2.24, 2.45) is 5.92 Å². The molecule has 0 aliphatic heterocycles. The van der Waals surface area contributed by atoms with E-state index in [-0.39, 0.29) is 37.2 Å². The molecule has 25 heavy (non-hydrogen) atoms. The summed E-state index contributed by atoms with van der Waals surface area (Å²) < 4.78 is 1.52. The molecule has 0 N–H and O–H groups in total. The minimum atomic E-state index is 0. The van der Waals surface area contributed by atoms with Crippen molar-refractivity contribution >= 4 is 0 Å². The SMILES string of the molecule is CC(C)C1=CC[C]([Ti+3])=C1C(c1ccccc1)c1ccccc1.[Cl-].[Cl-].[Cl-]. The van der Waals surface area contributed by atoms with Crippen LogP contribution in [0.4, 0.5) is 0 Å². The van der Waals surface area contributed by atoms with E-state index < -0.39 is 0 Å². The molecule has 0 radical (unpaired) electrons. The third-order valence-corrected chi connectivity index (χ3v) is 5.08. The molecule has 1 aliphatic carbocycles. The molecule has 3 rings (SSSR count). The van der Waals surface area contributed by atoms with E-state index in [9.17, 15) is 0 Å². The van der Waals surface area contributed by atoms with Gasteiger partial charge < -0.3 is 37.2 Å². The van der Waals surface area contributed by atoms with E-state index in [1.165, 1.54) is 26.2 Å². The van der Waals surface area contributed by atoms with E-state index in [1.54, 1.807) is 0 Å². The fraction of sp³-hybridized carbons (Fsp3) is 0.238. The first-order valence-electron chi connectivity index (χ1n) is 7.93. The summed E-state index contributed by atoms with van der Waals surface area (Å²) >= 11 is 2.29. The van der Waals surface area contributed by atoms with Crippen LogP contribution in [0.25, 0.3) is 0 Å². The van der Waals surface area contributed by atoms with Gasteiger partial charge in [-0.25, -0.2) is 0 Å². The van der Waals surface area contributed by atoms with Crippen LogP contribution < -0.4 is 37.2 Å². The van der Waals surface area contributed by atoms with Crippen LogP contribution in [0.3, 0.4) is 0 Å². The zero-order valence-corrected chi connectivity index (χ0v) is 18.2. The van der Waals surface area contributed by atoms with Gasteiger partial charge in [-0.15, -0.1) is 0 Å². The summed E-state index contributed by atoms with van der Waals surface area (Å²) in [5, 5.41) is 0. The number of rotatable bonds is 4. The number of hydrogen-bond donors (Lipinski definition) is 0. The monoisotopic (exact) mass is 426 g/mol. The molecule has 2 aromatic carbocycles. The average molecular weight is 428 g/mol. The van der Waals surface area contributed by atoms with Gasteiger partial charge in [0.1, 0.15) is 0 Å². The minimum Gasteiger partial charge on any atom is -1.00 e. The normalized spacial score (nSPS) is 13.1. The third kappa shape index (κ3) is 5.49. The van der Waals surface area contributed by atoms with Crippen LogP contribution in [0.1, 0.15) is 37.3 Å². The maximum Gasteiger partial charge on any atom is -1.00 e. The fourth-order valence-corrected chi connectivity index (χ4v) is 3.92. The maximum atomic E-state index is 2.42. The quantitative estimate of drug-likeness (QED) is 0.447. The van der Waals surface area contributed by atoms with Gasteiger partial charge in [-0.3, -0.25) is 0 Å². The zero-order valence-electron chi connectivity index (χ0n) is 14.3. The molecule has 0 spiro atoms. The van der Waals surface area contributed by atoms with Crippen molar-refractivity contribution in [2.45, 2.75) is 26.2 Å². The molecular formula is C21H21Cl3Ti. The second kappa shape index (κ2) is 11.3. The zero-order chi connectivity index (χ0) is 15.5. The van der Waals surface area contributed by atoms with E-state index in [0.717, 1.165) is 6.42 Å². The molecule has 130 valence electrons. The van der Waals surface area contributed by atoms with Gasteiger partial charge >= 0.3 is 145 Å². The van der Waals surface area contributed by atoms with Gasteiger partial charge in [-0.05, 0) is 0 Å². The predicted molar refractivity (Wildman–Crippen MR) is 89.3 cm³/mol. The number of halogens is 3. The Bertz CT molecular complexity index is 667. The molecule has 2 aromatic rings. The number of allylic oxidation sites excluding steroid dienone is 4. The molecule has 0 fully saturated rings. The topological polar surface area (TPSA) is 0 Å². The van der Waals surface area contributed by atoms with Gasteiger partial charge in [0.25, 0.3) is 0 Å². The van der Waals surface area contributed by atoms with Crippen LogP contribution in [0.5, 0.6) is 0 Å². The summed E-state index contributed by atoms with van der Waals surface area (Å²) in [6.45, 7) is 4.61. The van der Waals surface area contributed by atoms with Crippen LogP contribution >= 0.6 is 0 Å². The molecule has 0 heterocycles. The largest absolute Gasteiger partial charge is 1.00 e. The molecule has 0 unspecified atom stereocenters. The Hall–Kier alpha value is -0.496. The fourth-order valence-electron chi connectivity index (χ4n) is 3.31. The van der Waals surface area contributed by atoms with Crippen molar-refractivity contribution in [3.8, 4) is 0 Å². The second-order valence-electron chi connectivity index (χ2n) is 6.16. The Morgan fingerprint density at radius 3 is 1.60 bits per heavy atom. The predicted octanol–water partition coefficient (Wildman–Crippen LogP) is -3.38. The summed E-state index contributed by atoms with van der Waals surface area (Å²) in [4.78, 5) is 0. The first kappa shape index (κ1) is 24.5. The van der Waals surface area contributed by atoms with Gasteiger partial charge in [0, 0.05) is 0 Å². The average Bonchev–Trinajstić information content (AvgIpc) is 2.92. The second-order valence-corrected chi connectivity index (χ2v) is 7.11. The van der Waals surface area contributed by atoms with Crippen LogP contribution in [0, 0.1) is 5.92 Å². The molecular weight excluding hydrogens is 406 g/mol. The van der Waals surface area contributed by atoms with Crippen molar-refractivity contribution in [1.29, 1.82) is 0 Å². The molecule has 0 nitrogen and oxygen atoms in total. The van der Waals surface area contributed by atoms with E-state index in [4.69, 9.17) is 0 Å². The Morgan fingerprint density at radius 2 is 1.20 bits per heavy atom. The van der Waals surface area contributed by atoms with Gasteiger partial charge in [0.15, 0.2) is 0 Å². The van der Waals surface area contributed by atoms with Crippen molar-refractivity contribution in [2.75, 3.05) is 0 Å². The Kier molecular flexibility index (Phi) is 11.0. The first-order chi connectivity index (χ1) is 10.7. The molecule has 1 aliphatic rings. The van der Waals surface area contributed by atoms with Crippen LogP contribution in [-0.4, -0.2) is 0 Å². The molecule has 0 saturated carbocycles. The molecule has 0 atom stereocenters. The van der Waals surface area contributed by atoms with E-state index in [0.29, 0.717) is 11.8 Å². The van der Waals surface area contributed by atoms with E-state index in [1.807, 2.05) is 0 Å². The van der Waals surface area contributed by atoms with Crippen LogP contribution in [0.2, 0.25) is 0 Å². The Morgan fingerprint density at radius 1 is 0.760 bits per heavy atom. The van der Waals surface area contributed by atoms with Crippen molar-refractivity contribution < 1.29 is 57.7 Å². The molecule has 0 amide bonds. The maximum absolute atomic E-state index is 2.42. The number of hydrogen-bond acceptors (Lipinski definition) is 0. The molecule has 0 aromatic heterocycles. The van der Waals surface area contributed by atoms with E-state index >= 15 is 0 Å². The van der Waals surface area contributed by atoms with Crippen molar-refractivity contribution in [3.05, 3.63) is 92.9 Å². The van der Waals surface area contributed by atoms with Gasteiger partial charge in [-0.1, -0.05) is 0 Å². The number of benzene rings is 2. The Labute approximate surface area is 181 Å². The van der Waals surface area contributed by atoms with Gasteiger partial charge in [0.2, 0.25) is 0 Å². The summed E-state index contributed by atoms with van der Waals surface area (Å²) in [5.41, 5.74) is 5.83. The van der Waals surface area contributed by atoms with Crippen LogP contribution in [0.15, 0.2) is 81.8 Å². The molecule has 0 bridgehead atoms. The third-order valence-electron chi connectivity index (χ3n) is 4.34. The first-order valence-corrected chi connectivity index (χ1v) is 8.71. The van der Waals surface area contributed by atoms with Crippen molar-refractivity contribution in [1.82, 2.24) is 0 Å². The van der Waals surface area contributed by atoms with Crippen LogP contribution in [-0.2, 0) is 20.4 Å².